The van der Waals surface area contributed by atoms with Gasteiger partial charge in [-0.3, -0.25) is 4.79 Å². The molecular weight excluding hydrogens is 242 g/mol. The molecule has 2 heterocycles. The molecule has 0 amide bonds. The number of aliphatic hydroxyl groups is 1. The van der Waals surface area contributed by atoms with E-state index in [-0.39, 0.29) is 18.0 Å². The molecule has 1 atom stereocenters. The summed E-state index contributed by atoms with van der Waals surface area (Å²) in [5.41, 5.74) is 0.669. The molecule has 5 nitrogen and oxygen atoms in total. The Morgan fingerprint density at radius 2 is 2.18 bits per heavy atom. The zero-order chi connectivity index (χ0) is 12.3. The van der Waals surface area contributed by atoms with E-state index in [1.807, 2.05) is 0 Å². The molecule has 1 saturated heterocycles. The first-order chi connectivity index (χ1) is 8.20. The van der Waals surface area contributed by atoms with Crippen molar-refractivity contribution in [1.82, 2.24) is 9.78 Å². The smallest absolute Gasteiger partial charge is 0.268 e. The molecule has 0 spiro atoms. The highest BCUT2D eigenvalue weighted by atomic mass is 35.5. The fourth-order valence-corrected chi connectivity index (χ4v) is 2.06. The second-order valence-electron chi connectivity index (χ2n) is 4.24. The zero-order valence-corrected chi connectivity index (χ0v) is 10.3. The number of aromatic nitrogens is 2. The number of anilines is 1. The van der Waals surface area contributed by atoms with Gasteiger partial charge in [-0.2, -0.15) is 5.10 Å². The maximum absolute atomic E-state index is 11.8. The SMILES string of the molecule is O=c1cc(N2CCCC2)cnn1CC(O)CCl. The van der Waals surface area contributed by atoms with Gasteiger partial charge >= 0.3 is 0 Å². The summed E-state index contributed by atoms with van der Waals surface area (Å²) in [6, 6.07) is 1.57. The third kappa shape index (κ3) is 2.98. The van der Waals surface area contributed by atoms with Crippen LogP contribution in [0.25, 0.3) is 0 Å². The Hall–Kier alpha value is -1.07. The molecule has 0 bridgehead atoms. The van der Waals surface area contributed by atoms with Crippen LogP contribution in [-0.4, -0.2) is 40.0 Å². The molecule has 2 rings (SSSR count). The molecule has 0 aliphatic carbocycles. The quantitative estimate of drug-likeness (QED) is 0.796. The highest BCUT2D eigenvalue weighted by molar-refractivity contribution is 6.18. The van der Waals surface area contributed by atoms with Crippen molar-refractivity contribution < 1.29 is 5.11 Å². The number of aliphatic hydroxyl groups excluding tert-OH is 1. The van der Waals surface area contributed by atoms with Crippen LogP contribution in [0, 0.1) is 0 Å². The molecule has 94 valence electrons. The maximum Gasteiger partial charge on any atom is 0.268 e. The summed E-state index contributed by atoms with van der Waals surface area (Å²) in [6.45, 7) is 2.10. The monoisotopic (exact) mass is 257 g/mol. The van der Waals surface area contributed by atoms with Gasteiger partial charge in [0.05, 0.1) is 30.4 Å². The van der Waals surface area contributed by atoms with Gasteiger partial charge in [0.25, 0.3) is 5.56 Å². The van der Waals surface area contributed by atoms with Crippen molar-refractivity contribution >= 4 is 17.3 Å². The van der Waals surface area contributed by atoms with E-state index in [2.05, 4.69) is 10.00 Å². The minimum Gasteiger partial charge on any atom is -0.390 e. The molecule has 1 N–H and O–H groups in total. The van der Waals surface area contributed by atoms with Crippen molar-refractivity contribution in [3.63, 3.8) is 0 Å². The molecule has 6 heteroatoms. The second kappa shape index (κ2) is 5.51. The standard InChI is InChI=1S/C11H16ClN3O2/c12-6-10(16)8-15-11(17)5-9(7-13-15)14-3-1-2-4-14/h5,7,10,16H,1-4,6,8H2. The first-order valence-corrected chi connectivity index (χ1v) is 6.30. The lowest BCUT2D eigenvalue weighted by molar-refractivity contribution is 0.169. The third-order valence-corrected chi connectivity index (χ3v) is 3.24. The largest absolute Gasteiger partial charge is 0.390 e. The molecule has 1 fully saturated rings. The summed E-state index contributed by atoms with van der Waals surface area (Å²) in [4.78, 5) is 13.9. The lowest BCUT2D eigenvalue weighted by Gasteiger charge is -2.17. The van der Waals surface area contributed by atoms with Gasteiger partial charge in [0.2, 0.25) is 0 Å². The van der Waals surface area contributed by atoms with E-state index < -0.39 is 6.10 Å². The predicted octanol–water partition coefficient (Wildman–Crippen LogP) is 0.443. The Labute approximate surface area is 105 Å². The van der Waals surface area contributed by atoms with Gasteiger partial charge in [0.15, 0.2) is 0 Å². The van der Waals surface area contributed by atoms with Gasteiger partial charge in [-0.05, 0) is 12.8 Å². The Bertz CT molecular complexity index is 429. The molecule has 17 heavy (non-hydrogen) atoms. The summed E-state index contributed by atoms with van der Waals surface area (Å²) < 4.78 is 1.24. The normalized spacial score (nSPS) is 17.4. The van der Waals surface area contributed by atoms with Crippen molar-refractivity contribution in [3.05, 3.63) is 22.6 Å². The molecular formula is C11H16ClN3O2. The first kappa shape index (κ1) is 12.4. The topological polar surface area (TPSA) is 58.4 Å². The molecule has 0 aromatic carbocycles. The summed E-state index contributed by atoms with van der Waals surface area (Å²) in [7, 11) is 0. The number of hydrogen-bond donors (Lipinski definition) is 1. The van der Waals surface area contributed by atoms with Crippen LogP contribution in [0.3, 0.4) is 0 Å². The van der Waals surface area contributed by atoms with Crippen LogP contribution < -0.4 is 10.5 Å². The lowest BCUT2D eigenvalue weighted by Crippen LogP contribution is -2.30. The van der Waals surface area contributed by atoms with Gasteiger partial charge in [-0.15, -0.1) is 11.6 Å². The average Bonchev–Trinajstić information content (AvgIpc) is 2.85. The van der Waals surface area contributed by atoms with E-state index in [9.17, 15) is 9.90 Å². The van der Waals surface area contributed by atoms with Crippen LogP contribution in [0.1, 0.15) is 12.8 Å². The van der Waals surface area contributed by atoms with Gasteiger partial charge in [-0.25, -0.2) is 4.68 Å². The van der Waals surface area contributed by atoms with Crippen LogP contribution in [0.15, 0.2) is 17.1 Å². The molecule has 1 aromatic heterocycles. The minimum absolute atomic E-state index is 0.0992. The molecule has 1 aromatic rings. The van der Waals surface area contributed by atoms with E-state index in [4.69, 9.17) is 11.6 Å². The van der Waals surface area contributed by atoms with Crippen LogP contribution >= 0.6 is 11.6 Å². The van der Waals surface area contributed by atoms with Crippen molar-refractivity contribution in [3.8, 4) is 0 Å². The number of halogens is 1. The fraction of sp³-hybridized carbons (Fsp3) is 0.636. The summed E-state index contributed by atoms with van der Waals surface area (Å²) >= 11 is 5.49. The van der Waals surface area contributed by atoms with Crippen molar-refractivity contribution in [2.75, 3.05) is 23.9 Å². The van der Waals surface area contributed by atoms with Crippen LogP contribution in [0.2, 0.25) is 0 Å². The molecule has 0 saturated carbocycles. The summed E-state index contributed by atoms with van der Waals surface area (Å²) in [5, 5.41) is 13.4. The summed E-state index contributed by atoms with van der Waals surface area (Å²) in [5.74, 6) is 0.0992. The van der Waals surface area contributed by atoms with Crippen LogP contribution in [0.4, 0.5) is 5.69 Å². The highest BCUT2D eigenvalue weighted by Gasteiger charge is 2.14. The zero-order valence-electron chi connectivity index (χ0n) is 9.55. The third-order valence-electron chi connectivity index (χ3n) is 2.89. The van der Waals surface area contributed by atoms with E-state index in [1.165, 1.54) is 4.68 Å². The molecule has 1 unspecified atom stereocenters. The predicted molar refractivity (Wildman–Crippen MR) is 66.7 cm³/mol. The Morgan fingerprint density at radius 3 is 2.76 bits per heavy atom. The fourth-order valence-electron chi connectivity index (χ4n) is 1.96. The highest BCUT2D eigenvalue weighted by Crippen LogP contribution is 2.16. The van der Waals surface area contributed by atoms with E-state index in [0.29, 0.717) is 0 Å². The first-order valence-electron chi connectivity index (χ1n) is 5.77. The van der Waals surface area contributed by atoms with Crippen LogP contribution in [0.5, 0.6) is 0 Å². The number of nitrogens with zero attached hydrogens (tertiary/aromatic N) is 3. The van der Waals surface area contributed by atoms with Crippen molar-refractivity contribution in [2.24, 2.45) is 0 Å². The van der Waals surface area contributed by atoms with Gasteiger partial charge in [-0.1, -0.05) is 0 Å². The number of alkyl halides is 1. The Balaban J connectivity index is 2.13. The van der Waals surface area contributed by atoms with Gasteiger partial charge in [0.1, 0.15) is 0 Å². The van der Waals surface area contributed by atoms with E-state index in [1.54, 1.807) is 12.3 Å². The Morgan fingerprint density at radius 1 is 1.47 bits per heavy atom. The van der Waals surface area contributed by atoms with E-state index in [0.717, 1.165) is 31.6 Å². The van der Waals surface area contributed by atoms with E-state index >= 15 is 0 Å². The maximum atomic E-state index is 11.8. The molecule has 0 radical (unpaired) electrons. The average molecular weight is 258 g/mol. The Kier molecular flexibility index (Phi) is 4.02. The van der Waals surface area contributed by atoms with Gasteiger partial charge < -0.3 is 10.0 Å². The van der Waals surface area contributed by atoms with Crippen molar-refractivity contribution in [1.29, 1.82) is 0 Å². The minimum atomic E-state index is -0.737. The van der Waals surface area contributed by atoms with Crippen molar-refractivity contribution in [2.45, 2.75) is 25.5 Å². The number of rotatable bonds is 4. The summed E-state index contributed by atoms with van der Waals surface area (Å²) in [6.07, 6.45) is 3.26. The van der Waals surface area contributed by atoms with Crippen LogP contribution in [-0.2, 0) is 6.54 Å². The second-order valence-corrected chi connectivity index (χ2v) is 4.55. The number of hydrogen-bond acceptors (Lipinski definition) is 4. The van der Waals surface area contributed by atoms with Gasteiger partial charge in [0, 0.05) is 19.2 Å². The molecule has 1 aliphatic rings. The lowest BCUT2D eigenvalue weighted by atomic mass is 10.4. The molecule has 1 aliphatic heterocycles.